The van der Waals surface area contributed by atoms with Crippen LogP contribution in [0, 0.1) is 5.41 Å². The molecule has 1 amide bonds. The Bertz CT molecular complexity index is 225. The molecule has 0 radical (unpaired) electrons. The van der Waals surface area contributed by atoms with Gasteiger partial charge in [-0.1, -0.05) is 13.8 Å². The maximum absolute atomic E-state index is 12.4. The first-order valence-corrected chi connectivity index (χ1v) is 4.46. The molecule has 0 bridgehead atoms. The minimum atomic E-state index is -3.75. The van der Waals surface area contributed by atoms with Crippen molar-refractivity contribution in [2.75, 3.05) is 13.1 Å². The molecule has 1 heterocycles. The Morgan fingerprint density at radius 3 is 2.38 bits per heavy atom. The number of alkyl halides is 3. The van der Waals surface area contributed by atoms with Crippen LogP contribution < -0.4 is 0 Å². The minimum absolute atomic E-state index is 0.0716. The molecule has 5 heteroatoms. The first-order chi connectivity index (χ1) is 5.72. The first kappa shape index (κ1) is 10.7. The Morgan fingerprint density at radius 1 is 1.54 bits per heavy atom. The molecule has 76 valence electrons. The molecule has 1 aliphatic rings. The van der Waals surface area contributed by atoms with Gasteiger partial charge >= 0.3 is 11.3 Å². The van der Waals surface area contributed by atoms with E-state index in [0.29, 0.717) is 13.1 Å². The number of carbonyl (C=O) groups is 1. The van der Waals surface area contributed by atoms with Crippen LogP contribution in [0.25, 0.3) is 0 Å². The average molecular weight is 212 g/mol. The molecule has 0 saturated carbocycles. The van der Waals surface area contributed by atoms with Crippen LogP contribution in [-0.4, -0.2) is 29.3 Å². The predicted octanol–water partition coefficient (Wildman–Crippen LogP) is 2.08. The van der Waals surface area contributed by atoms with E-state index < -0.39 is 11.3 Å². The van der Waals surface area contributed by atoms with Gasteiger partial charge in [-0.05, 0) is 23.4 Å². The Labute approximate surface area is 80.8 Å². The quantitative estimate of drug-likeness (QED) is 0.608. The van der Waals surface area contributed by atoms with E-state index >= 15 is 0 Å². The third-order valence-electron chi connectivity index (χ3n) is 2.21. The molecule has 1 aliphatic heterocycles. The number of rotatable bonds is 1. The van der Waals surface area contributed by atoms with Gasteiger partial charge < -0.3 is 4.90 Å². The average Bonchev–Trinajstić information content (AvgIpc) is 2.26. The van der Waals surface area contributed by atoms with E-state index in [0.717, 1.165) is 11.3 Å². The summed E-state index contributed by atoms with van der Waals surface area (Å²) in [6, 6.07) is 0. The molecule has 1 fully saturated rings. The highest BCUT2D eigenvalue weighted by Gasteiger charge is 2.43. The summed E-state index contributed by atoms with van der Waals surface area (Å²) in [5.74, 6) is -1.28. The fourth-order valence-corrected chi connectivity index (χ4v) is 1.58. The third-order valence-corrected chi connectivity index (χ3v) is 2.37. The van der Waals surface area contributed by atoms with Crippen LogP contribution in [0.2, 0.25) is 0 Å². The molecule has 0 aromatic carbocycles. The summed E-state index contributed by atoms with van der Waals surface area (Å²) in [6.45, 7) is 4.60. The fraction of sp³-hybridized carbons (Fsp3) is 0.875. The molecule has 1 saturated heterocycles. The number of carbonyl (C=O) groups excluding carboxylic acids is 1. The number of likely N-dealkylation sites (tertiary alicyclic amines) is 1. The van der Waals surface area contributed by atoms with Gasteiger partial charge in [-0.2, -0.15) is 8.78 Å². The molecule has 0 N–H and O–H groups in total. The molecule has 1 rings (SSSR count). The lowest BCUT2D eigenvalue weighted by atomic mass is 9.93. The highest BCUT2D eigenvalue weighted by molar-refractivity contribution is 6.32. The lowest BCUT2D eigenvalue weighted by Gasteiger charge is -2.21. The lowest BCUT2D eigenvalue weighted by molar-refractivity contribution is -0.146. The Balaban J connectivity index is 2.62. The SMILES string of the molecule is CC1(C)CCN(C(=O)C(F)(F)Cl)C1. The predicted molar refractivity (Wildman–Crippen MR) is 45.8 cm³/mol. The van der Waals surface area contributed by atoms with Gasteiger partial charge in [0, 0.05) is 13.1 Å². The number of amides is 1. The molecule has 0 spiro atoms. The number of nitrogens with zero attached hydrogens (tertiary/aromatic N) is 1. The van der Waals surface area contributed by atoms with E-state index in [1.54, 1.807) is 0 Å². The van der Waals surface area contributed by atoms with Crippen molar-refractivity contribution < 1.29 is 13.6 Å². The zero-order valence-corrected chi connectivity index (χ0v) is 8.37. The van der Waals surface area contributed by atoms with Crippen molar-refractivity contribution in [1.82, 2.24) is 4.90 Å². The molecular formula is C8H12ClF2NO. The Morgan fingerprint density at radius 2 is 2.08 bits per heavy atom. The largest absolute Gasteiger partial charge is 0.399 e. The van der Waals surface area contributed by atoms with Gasteiger partial charge in [0.15, 0.2) is 0 Å². The monoisotopic (exact) mass is 211 g/mol. The van der Waals surface area contributed by atoms with E-state index in [-0.39, 0.29) is 5.41 Å². The lowest BCUT2D eigenvalue weighted by Crippen LogP contribution is -2.39. The molecular weight excluding hydrogens is 200 g/mol. The summed E-state index contributed by atoms with van der Waals surface area (Å²) in [4.78, 5) is 12.1. The van der Waals surface area contributed by atoms with E-state index in [1.807, 2.05) is 13.8 Å². The van der Waals surface area contributed by atoms with Gasteiger partial charge in [0.05, 0.1) is 0 Å². The van der Waals surface area contributed by atoms with Gasteiger partial charge in [-0.3, -0.25) is 4.79 Å². The second kappa shape index (κ2) is 3.08. The van der Waals surface area contributed by atoms with E-state index in [1.165, 1.54) is 0 Å². The van der Waals surface area contributed by atoms with Gasteiger partial charge in [-0.15, -0.1) is 0 Å². The van der Waals surface area contributed by atoms with Crippen molar-refractivity contribution in [2.24, 2.45) is 5.41 Å². The number of halogens is 3. The van der Waals surface area contributed by atoms with E-state index in [4.69, 9.17) is 0 Å². The second-order valence-electron chi connectivity index (χ2n) is 4.14. The van der Waals surface area contributed by atoms with Crippen molar-refractivity contribution in [3.8, 4) is 0 Å². The van der Waals surface area contributed by atoms with Gasteiger partial charge in [0.2, 0.25) is 0 Å². The van der Waals surface area contributed by atoms with Crippen molar-refractivity contribution in [2.45, 2.75) is 25.7 Å². The summed E-state index contributed by atoms with van der Waals surface area (Å²) in [5.41, 5.74) is -0.0716. The van der Waals surface area contributed by atoms with Gasteiger partial charge in [0.25, 0.3) is 0 Å². The van der Waals surface area contributed by atoms with Crippen LogP contribution >= 0.6 is 11.6 Å². The topological polar surface area (TPSA) is 20.3 Å². The standard InChI is InChI=1S/C8H12ClF2NO/c1-7(2)3-4-12(5-7)6(13)8(9,10)11/h3-5H2,1-2H3. The van der Waals surface area contributed by atoms with E-state index in [9.17, 15) is 13.6 Å². The number of hydrogen-bond donors (Lipinski definition) is 0. The maximum atomic E-state index is 12.4. The second-order valence-corrected chi connectivity index (χ2v) is 4.61. The van der Waals surface area contributed by atoms with Crippen molar-refractivity contribution in [3.63, 3.8) is 0 Å². The normalized spacial score (nSPS) is 22.1. The van der Waals surface area contributed by atoms with Crippen LogP contribution in [-0.2, 0) is 4.79 Å². The Hall–Kier alpha value is -0.380. The molecule has 0 aliphatic carbocycles. The van der Waals surface area contributed by atoms with Crippen LogP contribution in [0.3, 0.4) is 0 Å². The summed E-state index contributed by atoms with van der Waals surface area (Å²) in [7, 11) is 0. The zero-order chi connectivity index (χ0) is 10.3. The zero-order valence-electron chi connectivity index (χ0n) is 7.61. The molecule has 0 atom stereocenters. The van der Waals surface area contributed by atoms with E-state index in [2.05, 4.69) is 11.6 Å². The van der Waals surface area contributed by atoms with Crippen molar-refractivity contribution in [3.05, 3.63) is 0 Å². The molecule has 0 aromatic rings. The summed E-state index contributed by atoms with van der Waals surface area (Å²) in [5, 5.41) is -3.75. The highest BCUT2D eigenvalue weighted by Crippen LogP contribution is 2.32. The van der Waals surface area contributed by atoms with Gasteiger partial charge in [-0.25, -0.2) is 0 Å². The Kier molecular flexibility index (Phi) is 2.54. The molecule has 13 heavy (non-hydrogen) atoms. The van der Waals surface area contributed by atoms with Crippen molar-refractivity contribution >= 4 is 17.5 Å². The third kappa shape index (κ3) is 2.53. The molecule has 2 nitrogen and oxygen atoms in total. The van der Waals surface area contributed by atoms with Crippen LogP contribution in [0.4, 0.5) is 8.78 Å². The van der Waals surface area contributed by atoms with Crippen LogP contribution in [0.5, 0.6) is 0 Å². The van der Waals surface area contributed by atoms with Crippen LogP contribution in [0.15, 0.2) is 0 Å². The smallest absolute Gasteiger partial charge is 0.336 e. The van der Waals surface area contributed by atoms with Crippen LogP contribution in [0.1, 0.15) is 20.3 Å². The fourth-order valence-electron chi connectivity index (χ4n) is 1.47. The van der Waals surface area contributed by atoms with Crippen molar-refractivity contribution in [1.29, 1.82) is 0 Å². The summed E-state index contributed by atoms with van der Waals surface area (Å²) in [6.07, 6.45) is 0.742. The minimum Gasteiger partial charge on any atom is -0.336 e. The molecule has 0 aromatic heterocycles. The summed E-state index contributed by atoms with van der Waals surface area (Å²) >= 11 is 4.63. The maximum Gasteiger partial charge on any atom is 0.399 e. The highest BCUT2D eigenvalue weighted by atomic mass is 35.5. The van der Waals surface area contributed by atoms with Gasteiger partial charge in [0.1, 0.15) is 0 Å². The molecule has 0 unspecified atom stereocenters. The summed E-state index contributed by atoms with van der Waals surface area (Å²) < 4.78 is 24.8. The first-order valence-electron chi connectivity index (χ1n) is 4.08. The number of hydrogen-bond acceptors (Lipinski definition) is 1.